The van der Waals surface area contributed by atoms with Crippen molar-refractivity contribution >= 4 is 39.8 Å². The number of nitro groups is 1. The molecule has 1 aliphatic heterocycles. The molecule has 0 aliphatic carbocycles. The summed E-state index contributed by atoms with van der Waals surface area (Å²) in [7, 11) is 0. The van der Waals surface area contributed by atoms with E-state index in [9.17, 15) is 29.2 Å². The maximum Gasteiger partial charge on any atom is 0.341 e. The van der Waals surface area contributed by atoms with Gasteiger partial charge in [-0.2, -0.15) is 0 Å². The number of halogens is 3. The summed E-state index contributed by atoms with van der Waals surface area (Å²) < 4.78 is 30.1. The lowest BCUT2D eigenvalue weighted by atomic mass is 9.96. The highest BCUT2D eigenvalue weighted by Gasteiger charge is 2.32. The number of nitrogens with zero attached hydrogens (tertiary/aromatic N) is 4. The Kier molecular flexibility index (Phi) is 8.28. The van der Waals surface area contributed by atoms with Crippen molar-refractivity contribution < 1.29 is 23.6 Å². The maximum absolute atomic E-state index is 15.1. The van der Waals surface area contributed by atoms with Crippen LogP contribution in [0.4, 0.5) is 20.2 Å². The van der Waals surface area contributed by atoms with Crippen LogP contribution in [0.2, 0.25) is 5.02 Å². The van der Waals surface area contributed by atoms with Crippen LogP contribution in [0.1, 0.15) is 33.1 Å². The van der Waals surface area contributed by atoms with E-state index in [4.69, 9.17) is 11.6 Å². The van der Waals surface area contributed by atoms with Gasteiger partial charge >= 0.3 is 5.97 Å². The molecule has 46 heavy (non-hydrogen) atoms. The highest BCUT2D eigenvalue weighted by atomic mass is 35.5. The molecule has 1 atom stereocenters. The molecule has 5 aromatic rings. The predicted octanol–water partition coefficient (Wildman–Crippen LogP) is 6.75. The number of aromatic carboxylic acids is 1. The zero-order valence-corrected chi connectivity index (χ0v) is 25.2. The van der Waals surface area contributed by atoms with Gasteiger partial charge in [0.2, 0.25) is 5.43 Å². The highest BCUT2D eigenvalue weighted by molar-refractivity contribution is 6.30. The normalized spacial score (nSPS) is 14.4. The van der Waals surface area contributed by atoms with E-state index in [2.05, 4.69) is 4.90 Å². The Morgan fingerprint density at radius 1 is 0.957 bits per heavy atom. The first-order valence-electron chi connectivity index (χ1n) is 14.4. The Morgan fingerprint density at radius 3 is 2.22 bits per heavy atom. The number of carboxylic acid groups (broad SMARTS) is 1. The molecule has 0 spiro atoms. The molecule has 6 rings (SSSR count). The fraction of sp³-hybridized carbons (Fsp3) is 0.176. The zero-order valence-electron chi connectivity index (χ0n) is 24.5. The Morgan fingerprint density at radius 2 is 1.61 bits per heavy atom. The first-order chi connectivity index (χ1) is 22.0. The first kappa shape index (κ1) is 30.9. The van der Waals surface area contributed by atoms with Gasteiger partial charge in [0.15, 0.2) is 0 Å². The SMILES string of the molecule is Cc1c(N2CCN(C(c3ccccc3)c3ccc(Cl)cc3)CC2)c([N+](=O)[O-])cc2c(=O)c(C(=O)O)cn(-c3ccc(F)cc3F)c12. The van der Waals surface area contributed by atoms with Gasteiger partial charge in [0.1, 0.15) is 22.9 Å². The average molecular weight is 645 g/mol. The molecule has 0 amide bonds. The molecule has 1 unspecified atom stereocenters. The van der Waals surface area contributed by atoms with Crippen molar-refractivity contribution in [3.05, 3.63) is 144 Å². The molecule has 1 fully saturated rings. The Hall–Kier alpha value is -5.13. The number of nitro benzene ring substituents is 1. The molecule has 0 radical (unpaired) electrons. The van der Waals surface area contributed by atoms with E-state index in [1.165, 1.54) is 0 Å². The Bertz CT molecular complexity index is 2050. The standard InChI is InChI=1S/C34H27ClF2N4O5/c1-20-30-25(33(42)26(34(43)44)19-40(30)28-12-11-24(36)17-27(28)37)18-29(41(45)46)31(20)38-13-15-39(16-14-38)32(21-5-3-2-4-6-21)22-7-9-23(35)10-8-22/h2-12,17-19,32H,13-16H2,1H3,(H,43,44). The van der Waals surface area contributed by atoms with E-state index in [-0.39, 0.29) is 39.6 Å². The number of fused-ring (bicyclic) bond motifs is 1. The minimum Gasteiger partial charge on any atom is -0.477 e. The molecule has 2 heterocycles. The molecule has 1 N–H and O–H groups in total. The molecule has 234 valence electrons. The number of pyridine rings is 1. The van der Waals surface area contributed by atoms with E-state index in [0.29, 0.717) is 37.3 Å². The van der Waals surface area contributed by atoms with E-state index in [0.717, 1.165) is 40.1 Å². The van der Waals surface area contributed by atoms with Crippen LogP contribution in [0.5, 0.6) is 0 Å². The van der Waals surface area contributed by atoms with Crippen LogP contribution in [0.3, 0.4) is 0 Å². The lowest BCUT2D eigenvalue weighted by molar-refractivity contribution is -0.384. The molecule has 1 saturated heterocycles. The molecule has 0 bridgehead atoms. The van der Waals surface area contributed by atoms with Crippen molar-refractivity contribution in [3.63, 3.8) is 0 Å². The van der Waals surface area contributed by atoms with Crippen molar-refractivity contribution in [3.8, 4) is 5.69 Å². The number of aromatic nitrogens is 1. The second-order valence-corrected chi connectivity index (χ2v) is 11.5. The third-order valence-corrected chi connectivity index (χ3v) is 8.62. The van der Waals surface area contributed by atoms with E-state index < -0.39 is 33.5 Å². The van der Waals surface area contributed by atoms with Gasteiger partial charge in [-0.25, -0.2) is 13.6 Å². The number of carboxylic acids is 1. The summed E-state index contributed by atoms with van der Waals surface area (Å²) in [5, 5.41) is 22.5. The summed E-state index contributed by atoms with van der Waals surface area (Å²) in [5.41, 5.74) is 0.482. The summed E-state index contributed by atoms with van der Waals surface area (Å²) >= 11 is 6.17. The summed E-state index contributed by atoms with van der Waals surface area (Å²) in [4.78, 5) is 41.3. The minimum atomic E-state index is -1.59. The van der Waals surface area contributed by atoms with Gasteiger partial charge < -0.3 is 14.6 Å². The number of rotatable bonds is 7. The highest BCUT2D eigenvalue weighted by Crippen LogP contribution is 2.39. The van der Waals surface area contributed by atoms with E-state index >= 15 is 4.39 Å². The lowest BCUT2D eigenvalue weighted by Crippen LogP contribution is -2.48. The van der Waals surface area contributed by atoms with Crippen molar-refractivity contribution in [2.45, 2.75) is 13.0 Å². The van der Waals surface area contributed by atoms with Crippen LogP contribution in [0.15, 0.2) is 89.9 Å². The third-order valence-electron chi connectivity index (χ3n) is 8.37. The van der Waals surface area contributed by atoms with Crippen molar-refractivity contribution in [1.29, 1.82) is 0 Å². The van der Waals surface area contributed by atoms with Gasteiger partial charge in [0, 0.05) is 55.1 Å². The van der Waals surface area contributed by atoms with Crippen LogP contribution >= 0.6 is 11.6 Å². The number of aryl methyl sites for hydroxylation is 1. The fourth-order valence-corrected chi connectivity index (χ4v) is 6.44. The largest absolute Gasteiger partial charge is 0.477 e. The van der Waals surface area contributed by atoms with Crippen molar-refractivity contribution in [2.75, 3.05) is 31.1 Å². The predicted molar refractivity (Wildman–Crippen MR) is 171 cm³/mol. The van der Waals surface area contributed by atoms with Crippen LogP contribution in [0.25, 0.3) is 16.6 Å². The van der Waals surface area contributed by atoms with Gasteiger partial charge in [-0.05, 0) is 42.3 Å². The number of hydrogen-bond acceptors (Lipinski definition) is 6. The number of anilines is 1. The zero-order chi connectivity index (χ0) is 32.7. The Labute approximate surface area is 266 Å². The smallest absolute Gasteiger partial charge is 0.341 e. The van der Waals surface area contributed by atoms with E-state index in [1.54, 1.807) is 6.92 Å². The van der Waals surface area contributed by atoms with Gasteiger partial charge in [0.05, 0.1) is 27.6 Å². The summed E-state index contributed by atoms with van der Waals surface area (Å²) in [5.74, 6) is -3.43. The molecular weight excluding hydrogens is 618 g/mol. The van der Waals surface area contributed by atoms with Crippen LogP contribution < -0.4 is 10.3 Å². The van der Waals surface area contributed by atoms with Crippen molar-refractivity contribution in [1.82, 2.24) is 9.47 Å². The second kappa shape index (κ2) is 12.3. The molecule has 4 aromatic carbocycles. The molecular formula is C34H27ClF2N4O5. The number of piperazine rings is 1. The molecule has 12 heteroatoms. The molecule has 9 nitrogen and oxygen atoms in total. The third kappa shape index (κ3) is 5.59. The monoisotopic (exact) mass is 644 g/mol. The van der Waals surface area contributed by atoms with Crippen LogP contribution in [-0.2, 0) is 0 Å². The van der Waals surface area contributed by atoms with Gasteiger partial charge in [-0.15, -0.1) is 0 Å². The molecule has 1 aliphatic rings. The number of benzene rings is 4. The number of hydrogen-bond donors (Lipinski definition) is 1. The summed E-state index contributed by atoms with van der Waals surface area (Å²) in [6.07, 6.45) is 0.973. The van der Waals surface area contributed by atoms with Crippen LogP contribution in [-0.4, -0.2) is 51.6 Å². The topological polar surface area (TPSA) is 109 Å². The summed E-state index contributed by atoms with van der Waals surface area (Å²) in [6, 6.07) is 21.3. The number of carbonyl (C=O) groups is 1. The average Bonchev–Trinajstić information content (AvgIpc) is 3.03. The lowest BCUT2D eigenvalue weighted by Gasteiger charge is -2.41. The second-order valence-electron chi connectivity index (χ2n) is 11.1. The minimum absolute atomic E-state index is 0.0897. The van der Waals surface area contributed by atoms with Gasteiger partial charge in [-0.1, -0.05) is 54.1 Å². The van der Waals surface area contributed by atoms with Crippen LogP contribution in [0, 0.1) is 28.7 Å². The molecule has 1 aromatic heterocycles. The van der Waals surface area contributed by atoms with Crippen molar-refractivity contribution in [2.24, 2.45) is 0 Å². The Balaban J connectivity index is 1.46. The fourth-order valence-electron chi connectivity index (χ4n) is 6.32. The first-order valence-corrected chi connectivity index (χ1v) is 14.8. The quantitative estimate of drug-likeness (QED) is 0.154. The van der Waals surface area contributed by atoms with Gasteiger partial charge in [0.25, 0.3) is 5.69 Å². The summed E-state index contributed by atoms with van der Waals surface area (Å²) in [6.45, 7) is 3.39. The maximum atomic E-state index is 15.1. The molecule has 0 saturated carbocycles. The van der Waals surface area contributed by atoms with E-state index in [1.807, 2.05) is 59.5 Å². The van der Waals surface area contributed by atoms with Gasteiger partial charge in [-0.3, -0.25) is 19.8 Å².